The summed E-state index contributed by atoms with van der Waals surface area (Å²) < 4.78 is 0. The van der Waals surface area contributed by atoms with E-state index in [-0.39, 0.29) is 0 Å². The molecule has 11 heavy (non-hydrogen) atoms. The van der Waals surface area contributed by atoms with Gasteiger partial charge in [0.1, 0.15) is 0 Å². The van der Waals surface area contributed by atoms with E-state index in [1.165, 1.54) is 31.0 Å². The van der Waals surface area contributed by atoms with Gasteiger partial charge in [-0.25, -0.2) is 0 Å². The van der Waals surface area contributed by atoms with Gasteiger partial charge < -0.3 is 0 Å². The van der Waals surface area contributed by atoms with Gasteiger partial charge in [-0.3, -0.25) is 0 Å². The highest BCUT2D eigenvalue weighted by Crippen LogP contribution is 2.19. The predicted octanol–water partition coefficient (Wildman–Crippen LogP) is 4.23. The highest BCUT2D eigenvalue weighted by atomic mass is 79.9. The summed E-state index contributed by atoms with van der Waals surface area (Å²) in [6, 6.07) is 0. The molecule has 0 radical (unpaired) electrons. The summed E-state index contributed by atoms with van der Waals surface area (Å²) in [6.45, 7) is 6.88. The third kappa shape index (κ3) is 6.86. The Bertz CT molecular complexity index is 78.9. The van der Waals surface area contributed by atoms with Gasteiger partial charge in [-0.2, -0.15) is 0 Å². The van der Waals surface area contributed by atoms with Gasteiger partial charge in [-0.15, -0.1) is 0 Å². The second-order valence-electron chi connectivity index (χ2n) is 3.79. The van der Waals surface area contributed by atoms with E-state index in [0.717, 1.165) is 11.8 Å². The van der Waals surface area contributed by atoms with Crippen LogP contribution in [0.15, 0.2) is 0 Å². The number of alkyl halides is 1. The summed E-state index contributed by atoms with van der Waals surface area (Å²) >= 11 is 3.57. The summed E-state index contributed by atoms with van der Waals surface area (Å²) in [5.41, 5.74) is 0. The lowest BCUT2D eigenvalue weighted by Gasteiger charge is -2.15. The van der Waals surface area contributed by atoms with Crippen LogP contribution in [0.2, 0.25) is 0 Å². The summed E-state index contributed by atoms with van der Waals surface area (Å²) in [5, 5.41) is 1.19. The van der Waals surface area contributed by atoms with Crippen LogP contribution in [0, 0.1) is 11.8 Å². The fraction of sp³-hybridized carbons (Fsp3) is 1.00. The Morgan fingerprint density at radius 1 is 1.27 bits per heavy atom. The molecule has 0 spiro atoms. The zero-order valence-corrected chi connectivity index (χ0v) is 9.65. The third-order valence-corrected chi connectivity index (χ3v) is 2.90. The van der Waals surface area contributed by atoms with E-state index in [1.807, 2.05) is 0 Å². The molecule has 0 heterocycles. The first-order chi connectivity index (χ1) is 5.20. The van der Waals surface area contributed by atoms with Gasteiger partial charge in [0, 0.05) is 5.33 Å². The zero-order valence-electron chi connectivity index (χ0n) is 8.07. The normalized spacial score (nSPS) is 13.9. The van der Waals surface area contributed by atoms with Gasteiger partial charge in [0.25, 0.3) is 0 Å². The monoisotopic (exact) mass is 220 g/mol. The van der Waals surface area contributed by atoms with Gasteiger partial charge in [0.05, 0.1) is 0 Å². The molecule has 1 atom stereocenters. The highest BCUT2D eigenvalue weighted by molar-refractivity contribution is 9.09. The van der Waals surface area contributed by atoms with E-state index in [1.54, 1.807) is 0 Å². The van der Waals surface area contributed by atoms with Crippen LogP contribution < -0.4 is 0 Å². The molecular formula is C10H21Br. The van der Waals surface area contributed by atoms with E-state index in [0.29, 0.717) is 0 Å². The first-order valence-electron chi connectivity index (χ1n) is 4.76. The molecule has 0 saturated heterocycles. The fourth-order valence-corrected chi connectivity index (χ4v) is 2.01. The molecule has 0 aliphatic rings. The van der Waals surface area contributed by atoms with E-state index in [4.69, 9.17) is 0 Å². The highest BCUT2D eigenvalue weighted by Gasteiger charge is 2.07. The maximum absolute atomic E-state index is 3.57. The zero-order chi connectivity index (χ0) is 8.69. The van der Waals surface area contributed by atoms with Crippen LogP contribution in [-0.4, -0.2) is 5.33 Å². The molecule has 1 heteroatoms. The van der Waals surface area contributed by atoms with Gasteiger partial charge in [0.15, 0.2) is 0 Å². The first kappa shape index (κ1) is 11.5. The lowest BCUT2D eigenvalue weighted by Crippen LogP contribution is -2.05. The summed E-state index contributed by atoms with van der Waals surface area (Å²) in [7, 11) is 0. The molecule has 0 rings (SSSR count). The minimum atomic E-state index is 0.856. The Morgan fingerprint density at radius 3 is 2.27 bits per heavy atom. The molecule has 1 unspecified atom stereocenters. The molecule has 0 bridgehead atoms. The van der Waals surface area contributed by atoms with Crippen LogP contribution in [0.4, 0.5) is 0 Å². The molecule has 0 aliphatic heterocycles. The average Bonchev–Trinajstić information content (AvgIpc) is 1.97. The van der Waals surface area contributed by atoms with Gasteiger partial charge >= 0.3 is 0 Å². The largest absolute Gasteiger partial charge is 0.0925 e. The van der Waals surface area contributed by atoms with Crippen LogP contribution in [0.1, 0.15) is 46.5 Å². The van der Waals surface area contributed by atoms with Crippen molar-refractivity contribution in [1.82, 2.24) is 0 Å². The van der Waals surface area contributed by atoms with Crippen molar-refractivity contribution >= 4 is 15.9 Å². The molecular weight excluding hydrogens is 200 g/mol. The Kier molecular flexibility index (Phi) is 7.46. The van der Waals surface area contributed by atoms with Crippen LogP contribution in [0.3, 0.4) is 0 Å². The standard InChI is InChI=1S/C10H21Br/c1-4-5-6-10(8-11)7-9(2)3/h9-10H,4-8H2,1-3H3. The van der Waals surface area contributed by atoms with Crippen molar-refractivity contribution in [3.8, 4) is 0 Å². The SMILES string of the molecule is CCCCC(CBr)CC(C)C. The molecule has 68 valence electrons. The quantitative estimate of drug-likeness (QED) is 0.588. The summed E-state index contributed by atoms with van der Waals surface area (Å²) in [5.74, 6) is 1.77. The van der Waals surface area contributed by atoms with Crippen molar-refractivity contribution in [2.24, 2.45) is 11.8 Å². The van der Waals surface area contributed by atoms with Gasteiger partial charge in [0.2, 0.25) is 0 Å². The Labute approximate surface area is 79.9 Å². The Balaban J connectivity index is 3.41. The second kappa shape index (κ2) is 7.15. The second-order valence-corrected chi connectivity index (χ2v) is 4.44. The van der Waals surface area contributed by atoms with Crippen molar-refractivity contribution in [3.63, 3.8) is 0 Å². The molecule has 0 amide bonds. The maximum Gasteiger partial charge on any atom is 0.00597 e. The fourth-order valence-electron chi connectivity index (χ4n) is 1.42. The topological polar surface area (TPSA) is 0 Å². The molecule has 0 fully saturated rings. The molecule has 0 aromatic heterocycles. The first-order valence-corrected chi connectivity index (χ1v) is 5.88. The van der Waals surface area contributed by atoms with Crippen LogP contribution in [0.5, 0.6) is 0 Å². The molecule has 0 aliphatic carbocycles. The molecule has 0 aromatic carbocycles. The van der Waals surface area contributed by atoms with Crippen molar-refractivity contribution in [3.05, 3.63) is 0 Å². The Hall–Kier alpha value is 0.480. The van der Waals surface area contributed by atoms with Gasteiger partial charge in [-0.05, 0) is 24.7 Å². The van der Waals surface area contributed by atoms with Crippen LogP contribution in [-0.2, 0) is 0 Å². The predicted molar refractivity (Wildman–Crippen MR) is 56.3 cm³/mol. The minimum absolute atomic E-state index is 0.856. The van der Waals surface area contributed by atoms with E-state index in [9.17, 15) is 0 Å². The number of halogens is 1. The third-order valence-electron chi connectivity index (χ3n) is 1.99. The molecule has 0 N–H and O–H groups in total. The van der Waals surface area contributed by atoms with Crippen molar-refractivity contribution < 1.29 is 0 Å². The minimum Gasteiger partial charge on any atom is -0.0925 e. The van der Waals surface area contributed by atoms with Crippen molar-refractivity contribution in [2.75, 3.05) is 5.33 Å². The number of unbranched alkanes of at least 4 members (excludes halogenated alkanes) is 1. The molecule has 0 nitrogen and oxygen atoms in total. The van der Waals surface area contributed by atoms with E-state index >= 15 is 0 Å². The lowest BCUT2D eigenvalue weighted by molar-refractivity contribution is 0.412. The maximum atomic E-state index is 3.57. The van der Waals surface area contributed by atoms with Crippen LogP contribution in [0.25, 0.3) is 0 Å². The summed E-state index contributed by atoms with van der Waals surface area (Å²) in [4.78, 5) is 0. The van der Waals surface area contributed by atoms with Crippen LogP contribution >= 0.6 is 15.9 Å². The van der Waals surface area contributed by atoms with Crippen molar-refractivity contribution in [2.45, 2.75) is 46.5 Å². The molecule has 0 aromatic rings. The Morgan fingerprint density at radius 2 is 1.91 bits per heavy atom. The number of rotatable bonds is 6. The number of hydrogen-bond donors (Lipinski definition) is 0. The molecule has 0 saturated carbocycles. The summed E-state index contributed by atoms with van der Waals surface area (Å²) in [6.07, 6.45) is 5.51. The van der Waals surface area contributed by atoms with E-state index in [2.05, 4.69) is 36.7 Å². The van der Waals surface area contributed by atoms with Crippen molar-refractivity contribution in [1.29, 1.82) is 0 Å². The smallest absolute Gasteiger partial charge is 0.00597 e. The number of hydrogen-bond acceptors (Lipinski definition) is 0. The van der Waals surface area contributed by atoms with Gasteiger partial charge in [-0.1, -0.05) is 49.5 Å². The lowest BCUT2D eigenvalue weighted by atomic mass is 9.94. The average molecular weight is 221 g/mol. The van der Waals surface area contributed by atoms with E-state index < -0.39 is 0 Å².